The molecule has 114 valence electrons. The molecule has 0 spiro atoms. The lowest BCUT2D eigenvalue weighted by Gasteiger charge is -2.04. The van der Waals surface area contributed by atoms with Crippen LogP contribution in [0.3, 0.4) is 0 Å². The van der Waals surface area contributed by atoms with Crippen molar-refractivity contribution in [3.8, 4) is 11.5 Å². The van der Waals surface area contributed by atoms with Crippen LogP contribution < -0.4 is 0 Å². The van der Waals surface area contributed by atoms with Gasteiger partial charge >= 0.3 is 11.7 Å². The Labute approximate surface area is 132 Å². The van der Waals surface area contributed by atoms with Crippen LogP contribution in [-0.2, 0) is 4.79 Å². The van der Waals surface area contributed by atoms with Crippen molar-refractivity contribution in [3.05, 3.63) is 49.2 Å². The molecule has 1 heterocycles. The number of phenols is 2. The summed E-state index contributed by atoms with van der Waals surface area (Å²) in [6.45, 7) is 0. The smallest absolute Gasteiger partial charge is 0.337 e. The largest absolute Gasteiger partial charge is 0.507 e. The third-order valence-electron chi connectivity index (χ3n) is 2.69. The van der Waals surface area contributed by atoms with E-state index in [0.29, 0.717) is 9.21 Å². The minimum Gasteiger partial charge on any atom is -0.507 e. The van der Waals surface area contributed by atoms with E-state index in [1.807, 2.05) is 0 Å². The summed E-state index contributed by atoms with van der Waals surface area (Å²) in [7, 11) is 0. The predicted molar refractivity (Wildman–Crippen MR) is 81.3 cm³/mol. The zero-order valence-electron chi connectivity index (χ0n) is 10.7. The number of carboxylic acid groups (broad SMARTS) is 1. The Balaban J connectivity index is 2.60. The van der Waals surface area contributed by atoms with Crippen LogP contribution in [0.1, 0.15) is 10.4 Å². The van der Waals surface area contributed by atoms with Gasteiger partial charge < -0.3 is 15.3 Å². The van der Waals surface area contributed by atoms with E-state index in [9.17, 15) is 30.2 Å². The van der Waals surface area contributed by atoms with E-state index in [1.54, 1.807) is 0 Å². The first kappa shape index (κ1) is 15.8. The van der Waals surface area contributed by atoms with Crippen molar-refractivity contribution in [1.82, 2.24) is 0 Å². The molecular formula is C13H8ClNO6S. The minimum atomic E-state index is -1.28. The normalized spacial score (nSPS) is 11.4. The molecule has 0 amide bonds. The second-order valence-electron chi connectivity index (χ2n) is 4.12. The standard InChI is InChI=1S/C13H8ClNO6S/c14-12-2-1-11(22-12)7(13(18)19)3-6-4-8(15(20)21)10(17)5-9(6)16/h1-5,16-17H,(H,18,19)/b7-3-. The Morgan fingerprint density at radius 1 is 1.27 bits per heavy atom. The molecule has 1 aromatic heterocycles. The van der Waals surface area contributed by atoms with Crippen molar-refractivity contribution in [2.75, 3.05) is 0 Å². The van der Waals surface area contributed by atoms with Crippen LogP contribution in [0.2, 0.25) is 4.34 Å². The summed E-state index contributed by atoms with van der Waals surface area (Å²) in [4.78, 5) is 21.6. The number of aromatic hydroxyl groups is 2. The molecule has 9 heteroatoms. The Bertz CT molecular complexity index is 798. The number of halogens is 1. The highest BCUT2D eigenvalue weighted by Gasteiger charge is 2.19. The second kappa shape index (κ2) is 6.04. The fraction of sp³-hybridized carbons (Fsp3) is 0. The number of aliphatic carboxylic acids is 1. The number of nitrogens with zero attached hydrogens (tertiary/aromatic N) is 1. The highest BCUT2D eigenvalue weighted by molar-refractivity contribution is 7.17. The van der Waals surface area contributed by atoms with E-state index in [0.717, 1.165) is 29.5 Å². The van der Waals surface area contributed by atoms with Gasteiger partial charge in [0.05, 0.1) is 14.8 Å². The SMILES string of the molecule is O=C(O)/C(=C\c1cc([N+](=O)[O-])c(O)cc1O)c1ccc(Cl)s1. The van der Waals surface area contributed by atoms with Crippen molar-refractivity contribution in [1.29, 1.82) is 0 Å². The average molecular weight is 342 g/mol. The van der Waals surface area contributed by atoms with E-state index in [4.69, 9.17) is 11.6 Å². The maximum absolute atomic E-state index is 11.3. The van der Waals surface area contributed by atoms with Gasteiger partial charge in [-0.25, -0.2) is 4.79 Å². The Hall–Kier alpha value is -2.58. The molecule has 0 bridgehead atoms. The molecule has 0 aliphatic carbocycles. The van der Waals surface area contributed by atoms with E-state index < -0.39 is 28.1 Å². The topological polar surface area (TPSA) is 121 Å². The molecule has 0 atom stereocenters. The lowest BCUT2D eigenvalue weighted by atomic mass is 10.1. The summed E-state index contributed by atoms with van der Waals surface area (Å²) in [6.07, 6.45) is 1.08. The van der Waals surface area contributed by atoms with Crippen molar-refractivity contribution < 1.29 is 25.0 Å². The van der Waals surface area contributed by atoms with Gasteiger partial charge in [-0.15, -0.1) is 11.3 Å². The molecule has 2 aromatic rings. The van der Waals surface area contributed by atoms with E-state index in [2.05, 4.69) is 0 Å². The molecule has 0 radical (unpaired) electrons. The molecule has 2 rings (SSSR count). The van der Waals surface area contributed by atoms with Gasteiger partial charge in [0.2, 0.25) is 0 Å². The number of hydrogen-bond acceptors (Lipinski definition) is 6. The number of benzene rings is 1. The van der Waals surface area contributed by atoms with Gasteiger partial charge in [-0.3, -0.25) is 10.1 Å². The molecule has 7 nitrogen and oxygen atoms in total. The lowest BCUT2D eigenvalue weighted by Crippen LogP contribution is -1.98. The van der Waals surface area contributed by atoms with Gasteiger partial charge in [0.15, 0.2) is 5.75 Å². The summed E-state index contributed by atoms with van der Waals surface area (Å²) in [5.41, 5.74) is -0.934. The maximum atomic E-state index is 11.3. The minimum absolute atomic E-state index is 0.105. The van der Waals surface area contributed by atoms with Crippen molar-refractivity contribution in [2.24, 2.45) is 0 Å². The highest BCUT2D eigenvalue weighted by atomic mass is 35.5. The fourth-order valence-electron chi connectivity index (χ4n) is 1.70. The van der Waals surface area contributed by atoms with Gasteiger partial charge in [-0.1, -0.05) is 11.6 Å². The second-order valence-corrected chi connectivity index (χ2v) is 5.84. The summed E-state index contributed by atoms with van der Waals surface area (Å²) >= 11 is 6.77. The van der Waals surface area contributed by atoms with E-state index in [1.165, 1.54) is 12.1 Å². The van der Waals surface area contributed by atoms with Crippen molar-refractivity contribution >= 4 is 46.2 Å². The summed E-state index contributed by atoms with van der Waals surface area (Å²) < 4.78 is 0.378. The van der Waals surface area contributed by atoms with Crippen LogP contribution in [0.25, 0.3) is 11.6 Å². The van der Waals surface area contributed by atoms with Crippen LogP contribution in [0.15, 0.2) is 24.3 Å². The van der Waals surface area contributed by atoms with Crippen molar-refractivity contribution in [3.63, 3.8) is 0 Å². The molecule has 0 saturated heterocycles. The zero-order chi connectivity index (χ0) is 16.4. The first-order valence-corrected chi connectivity index (χ1v) is 6.90. The van der Waals surface area contributed by atoms with Gasteiger partial charge in [0, 0.05) is 22.6 Å². The van der Waals surface area contributed by atoms with Crippen LogP contribution in [0.4, 0.5) is 5.69 Å². The Morgan fingerprint density at radius 3 is 2.45 bits per heavy atom. The number of thiophene rings is 1. The Kier molecular flexibility index (Phi) is 4.34. The van der Waals surface area contributed by atoms with Crippen LogP contribution in [0.5, 0.6) is 11.5 Å². The monoisotopic (exact) mass is 341 g/mol. The number of nitro groups is 1. The summed E-state index contributed by atoms with van der Waals surface area (Å²) in [5.74, 6) is -2.48. The lowest BCUT2D eigenvalue weighted by molar-refractivity contribution is -0.385. The molecule has 3 N–H and O–H groups in total. The van der Waals surface area contributed by atoms with Gasteiger partial charge in [-0.05, 0) is 18.2 Å². The number of rotatable bonds is 4. The predicted octanol–water partition coefficient (Wildman–Crippen LogP) is 3.35. The number of nitro benzene ring substituents is 1. The Morgan fingerprint density at radius 2 is 1.95 bits per heavy atom. The third kappa shape index (κ3) is 3.18. The molecule has 0 aliphatic rings. The number of hydrogen-bond donors (Lipinski definition) is 3. The summed E-state index contributed by atoms with van der Waals surface area (Å²) in [6, 6.07) is 4.67. The van der Waals surface area contributed by atoms with Crippen LogP contribution in [0, 0.1) is 10.1 Å². The molecule has 0 unspecified atom stereocenters. The first-order valence-electron chi connectivity index (χ1n) is 5.70. The maximum Gasteiger partial charge on any atom is 0.337 e. The highest BCUT2D eigenvalue weighted by Crippen LogP contribution is 2.36. The van der Waals surface area contributed by atoms with Crippen LogP contribution in [-0.4, -0.2) is 26.2 Å². The molecule has 0 fully saturated rings. The summed E-state index contributed by atoms with van der Waals surface area (Å²) in [5, 5.41) is 39.2. The third-order valence-corrected chi connectivity index (χ3v) is 3.95. The van der Waals surface area contributed by atoms with E-state index >= 15 is 0 Å². The number of carbonyl (C=O) groups is 1. The first-order chi connectivity index (χ1) is 10.3. The number of phenolic OH excluding ortho intramolecular Hbond substituents is 2. The average Bonchev–Trinajstić information content (AvgIpc) is 2.83. The fourth-order valence-corrected chi connectivity index (χ4v) is 2.75. The van der Waals surface area contributed by atoms with Crippen LogP contribution >= 0.6 is 22.9 Å². The molecule has 22 heavy (non-hydrogen) atoms. The molecule has 0 saturated carbocycles. The quantitative estimate of drug-likeness (QED) is 0.445. The number of carboxylic acids is 1. The zero-order valence-corrected chi connectivity index (χ0v) is 12.3. The van der Waals surface area contributed by atoms with E-state index in [-0.39, 0.29) is 11.1 Å². The molecular weight excluding hydrogens is 334 g/mol. The van der Waals surface area contributed by atoms with Gasteiger partial charge in [-0.2, -0.15) is 0 Å². The molecule has 1 aromatic carbocycles. The molecule has 0 aliphatic heterocycles. The van der Waals surface area contributed by atoms with Gasteiger partial charge in [0.1, 0.15) is 5.75 Å². The van der Waals surface area contributed by atoms with Gasteiger partial charge in [0.25, 0.3) is 0 Å². The van der Waals surface area contributed by atoms with Crippen molar-refractivity contribution in [2.45, 2.75) is 0 Å².